The van der Waals surface area contributed by atoms with E-state index in [1.54, 1.807) is 19.1 Å². The van der Waals surface area contributed by atoms with E-state index in [9.17, 15) is 19.8 Å². The first-order valence-corrected chi connectivity index (χ1v) is 21.2. The SMILES string of the molecule is COc1c(CN2O[C@@H](CO)[C@@H]([C@H](C)O)[C@H]2C(=O)N[C@H]2C[C@@H]3C[C@H]([C@@H]2C)C3(C)C)cccc1-c1cc(C(=O)N[C@@H](CC(C)C)CN(C)C)cc(N2CCCCC2)c1. The summed E-state index contributed by atoms with van der Waals surface area (Å²) in [7, 11) is 5.71. The highest BCUT2D eigenvalue weighted by Crippen LogP contribution is 2.61. The highest BCUT2D eigenvalue weighted by molar-refractivity contribution is 5.97. The molecule has 3 aliphatic carbocycles. The van der Waals surface area contributed by atoms with Crippen LogP contribution in [-0.4, -0.2) is 110 Å². The van der Waals surface area contributed by atoms with E-state index in [0.717, 1.165) is 67.7 Å². The molecule has 56 heavy (non-hydrogen) atoms. The summed E-state index contributed by atoms with van der Waals surface area (Å²) < 4.78 is 6.17. The van der Waals surface area contributed by atoms with E-state index >= 15 is 0 Å². The number of methoxy groups -OCH3 is 1. The van der Waals surface area contributed by atoms with Crippen molar-refractivity contribution in [1.29, 1.82) is 0 Å². The van der Waals surface area contributed by atoms with Gasteiger partial charge in [-0.3, -0.25) is 14.4 Å². The fourth-order valence-electron chi connectivity index (χ4n) is 10.5. The van der Waals surface area contributed by atoms with Crippen molar-refractivity contribution >= 4 is 17.5 Å². The Labute approximate surface area is 335 Å². The van der Waals surface area contributed by atoms with Gasteiger partial charge in [0.2, 0.25) is 5.91 Å². The van der Waals surface area contributed by atoms with Gasteiger partial charge in [0.05, 0.1) is 26.4 Å². The van der Waals surface area contributed by atoms with Crippen LogP contribution in [0.4, 0.5) is 5.69 Å². The second kappa shape index (κ2) is 17.7. The number of fused-ring (bicyclic) bond motifs is 2. The minimum Gasteiger partial charge on any atom is -0.496 e. The molecule has 0 unspecified atom stereocenters. The Bertz CT molecular complexity index is 1660. The number of carbonyl (C=O) groups excluding carboxylic acids is 2. The van der Waals surface area contributed by atoms with Crippen LogP contribution in [0.2, 0.25) is 0 Å². The van der Waals surface area contributed by atoms with Gasteiger partial charge in [-0.05, 0) is 112 Å². The van der Waals surface area contributed by atoms with E-state index in [4.69, 9.17) is 9.57 Å². The number of nitrogens with zero attached hydrogens (tertiary/aromatic N) is 3. The normalized spacial score (nSPS) is 28.5. The lowest BCUT2D eigenvalue weighted by Crippen LogP contribution is -2.62. The number of aliphatic hydroxyl groups excluding tert-OH is 2. The fraction of sp³-hybridized carbons (Fsp3) is 0.689. The Morgan fingerprint density at radius 1 is 1.07 bits per heavy atom. The van der Waals surface area contributed by atoms with Gasteiger partial charge in [0.1, 0.15) is 17.9 Å². The van der Waals surface area contributed by atoms with Crippen LogP contribution >= 0.6 is 0 Å². The number of likely N-dealkylation sites (N-methyl/N-ethyl adjacent to an activating group) is 1. The van der Waals surface area contributed by atoms with Crippen molar-refractivity contribution in [2.24, 2.45) is 35.0 Å². The van der Waals surface area contributed by atoms with Gasteiger partial charge in [0.25, 0.3) is 5.91 Å². The molecule has 2 amide bonds. The van der Waals surface area contributed by atoms with Crippen molar-refractivity contribution in [1.82, 2.24) is 20.6 Å². The molecule has 0 spiro atoms. The van der Waals surface area contributed by atoms with Gasteiger partial charge in [-0.1, -0.05) is 52.8 Å². The molecule has 11 heteroatoms. The third-order valence-corrected chi connectivity index (χ3v) is 13.6. The number of aliphatic hydroxyl groups is 2. The summed E-state index contributed by atoms with van der Waals surface area (Å²) in [6.45, 7) is 15.4. The smallest absolute Gasteiger partial charge is 0.251 e. The number of para-hydroxylation sites is 1. The Hall–Kier alpha value is -3.22. The van der Waals surface area contributed by atoms with Crippen molar-refractivity contribution in [3.05, 3.63) is 47.5 Å². The molecule has 3 saturated carbocycles. The summed E-state index contributed by atoms with van der Waals surface area (Å²) in [6.07, 6.45) is 4.80. The first-order valence-electron chi connectivity index (χ1n) is 21.2. The van der Waals surface area contributed by atoms with E-state index in [1.165, 1.54) is 12.8 Å². The maximum absolute atomic E-state index is 14.3. The molecule has 5 aliphatic rings. The number of ether oxygens (including phenoxy) is 1. The molecule has 2 saturated heterocycles. The van der Waals surface area contributed by atoms with Crippen molar-refractivity contribution < 1.29 is 29.4 Å². The number of hydrogen-bond acceptors (Lipinski definition) is 9. The Kier molecular flexibility index (Phi) is 13.4. The van der Waals surface area contributed by atoms with E-state index in [0.29, 0.717) is 35.0 Å². The Balaban J connectivity index is 1.31. The summed E-state index contributed by atoms with van der Waals surface area (Å²) in [5.74, 6) is 1.62. The number of amides is 2. The summed E-state index contributed by atoms with van der Waals surface area (Å²) in [5, 5.41) is 29.8. The van der Waals surface area contributed by atoms with E-state index < -0.39 is 24.2 Å². The van der Waals surface area contributed by atoms with Gasteiger partial charge >= 0.3 is 0 Å². The molecule has 0 radical (unpaired) electrons. The highest BCUT2D eigenvalue weighted by Gasteiger charge is 2.57. The predicted molar refractivity (Wildman–Crippen MR) is 221 cm³/mol. The molecule has 2 aliphatic heterocycles. The molecular weight excluding hydrogens is 707 g/mol. The summed E-state index contributed by atoms with van der Waals surface area (Å²) in [5.41, 5.74) is 4.38. The molecule has 2 aromatic carbocycles. The second-order valence-corrected chi connectivity index (χ2v) is 18.6. The summed E-state index contributed by atoms with van der Waals surface area (Å²) >= 11 is 0. The number of anilines is 1. The number of benzene rings is 2. The minimum absolute atomic E-state index is 0.00938. The summed E-state index contributed by atoms with van der Waals surface area (Å²) in [6, 6.07) is 11.3. The van der Waals surface area contributed by atoms with Gasteiger partial charge in [-0.25, -0.2) is 0 Å². The van der Waals surface area contributed by atoms with Crippen LogP contribution in [0, 0.1) is 35.0 Å². The number of rotatable bonds is 15. The number of piperidine rings is 1. The van der Waals surface area contributed by atoms with E-state index in [1.807, 2.05) is 44.4 Å². The van der Waals surface area contributed by atoms with Gasteiger partial charge in [-0.15, -0.1) is 0 Å². The van der Waals surface area contributed by atoms with Crippen LogP contribution in [0.1, 0.15) is 96.0 Å². The molecule has 2 bridgehead atoms. The largest absolute Gasteiger partial charge is 0.496 e. The number of carbonyl (C=O) groups is 2. The molecule has 310 valence electrons. The molecule has 5 fully saturated rings. The average Bonchev–Trinajstić information content (AvgIpc) is 3.53. The van der Waals surface area contributed by atoms with Crippen molar-refractivity contribution in [3.63, 3.8) is 0 Å². The van der Waals surface area contributed by atoms with Gasteiger partial charge in [0.15, 0.2) is 0 Å². The Morgan fingerprint density at radius 2 is 1.80 bits per heavy atom. The highest BCUT2D eigenvalue weighted by atomic mass is 16.7. The lowest BCUT2D eigenvalue weighted by Gasteiger charge is -2.62. The van der Waals surface area contributed by atoms with Crippen LogP contribution in [0.15, 0.2) is 36.4 Å². The van der Waals surface area contributed by atoms with Crippen molar-refractivity contribution in [2.45, 2.75) is 117 Å². The number of hydrogen-bond donors (Lipinski definition) is 4. The predicted octanol–water partition coefficient (Wildman–Crippen LogP) is 5.72. The van der Waals surface area contributed by atoms with Crippen LogP contribution in [0.5, 0.6) is 5.75 Å². The molecule has 4 N–H and O–H groups in total. The Morgan fingerprint density at radius 3 is 2.41 bits per heavy atom. The van der Waals surface area contributed by atoms with Gasteiger partial charge in [-0.2, -0.15) is 5.06 Å². The minimum atomic E-state index is -0.891. The molecular formula is C45H69N5O6. The van der Waals surface area contributed by atoms with Crippen LogP contribution < -0.4 is 20.3 Å². The van der Waals surface area contributed by atoms with Crippen molar-refractivity contribution in [3.8, 4) is 16.9 Å². The van der Waals surface area contributed by atoms with Gasteiger partial charge < -0.3 is 35.4 Å². The number of hydroxylamine groups is 2. The number of nitrogens with one attached hydrogen (secondary N) is 2. The maximum Gasteiger partial charge on any atom is 0.251 e. The summed E-state index contributed by atoms with van der Waals surface area (Å²) in [4.78, 5) is 39.2. The first kappa shape index (κ1) is 42.4. The zero-order chi connectivity index (χ0) is 40.5. The molecule has 2 aromatic rings. The third-order valence-electron chi connectivity index (χ3n) is 13.6. The van der Waals surface area contributed by atoms with Crippen LogP contribution in [0.3, 0.4) is 0 Å². The third kappa shape index (κ3) is 8.92. The lowest BCUT2D eigenvalue weighted by molar-refractivity contribution is -0.183. The van der Waals surface area contributed by atoms with E-state index in [-0.39, 0.29) is 42.5 Å². The monoisotopic (exact) mass is 776 g/mol. The molecule has 11 nitrogen and oxygen atoms in total. The molecule has 9 atom stereocenters. The maximum atomic E-state index is 14.3. The van der Waals surface area contributed by atoms with E-state index in [2.05, 4.69) is 61.1 Å². The lowest BCUT2D eigenvalue weighted by atomic mass is 9.45. The second-order valence-electron chi connectivity index (χ2n) is 18.6. The quantitative estimate of drug-likeness (QED) is 0.180. The zero-order valence-electron chi connectivity index (χ0n) is 35.4. The molecule has 0 aromatic heterocycles. The topological polar surface area (TPSA) is 127 Å². The standard InChI is InChI=1S/C45H69N5O6/c1-27(2)18-34(25-48(7)8)46-43(53)32-19-31(20-35(21-32)49-16-11-10-12-17-49)36-15-13-14-30(42(36)55-9)24-50-41(40(29(4)52)39(26-51)56-50)44(54)47-38-23-33-22-37(28(38)3)45(33,5)6/h13-15,19-21,27-29,33-34,37-41,51-52H,10-12,16-18,22-26H2,1-9H3,(H,46,53)(H,47,54)/t28-,29-,33-,34-,37+,38-,39-,40+,41-/m0/s1. The zero-order valence-corrected chi connectivity index (χ0v) is 35.4. The first-order chi connectivity index (χ1) is 26.6. The molecule has 7 rings (SSSR count). The fourth-order valence-corrected chi connectivity index (χ4v) is 10.5. The van der Waals surface area contributed by atoms with Crippen LogP contribution in [0.25, 0.3) is 11.1 Å². The van der Waals surface area contributed by atoms with Crippen molar-refractivity contribution in [2.75, 3.05) is 52.3 Å². The average molecular weight is 776 g/mol. The molecule has 2 heterocycles. The van der Waals surface area contributed by atoms with Gasteiger partial charge in [0, 0.05) is 60.0 Å². The van der Waals surface area contributed by atoms with Crippen LogP contribution in [-0.2, 0) is 16.2 Å².